The minimum Gasteiger partial charge on any atom is -0.544 e. The van der Waals surface area contributed by atoms with Gasteiger partial charge in [-0.3, -0.25) is 9.59 Å². The highest BCUT2D eigenvalue weighted by atomic mass is 32.1. The van der Waals surface area contributed by atoms with Gasteiger partial charge in [0.15, 0.2) is 29.0 Å². The topological polar surface area (TPSA) is 125 Å². The number of imide groups is 1. The third-order valence-corrected chi connectivity index (χ3v) is 7.06. The number of halogens is 3. The van der Waals surface area contributed by atoms with Crippen molar-refractivity contribution in [1.29, 1.82) is 0 Å². The zero-order valence-electron chi connectivity index (χ0n) is 23.5. The van der Waals surface area contributed by atoms with E-state index in [1.54, 1.807) is 0 Å². The van der Waals surface area contributed by atoms with Gasteiger partial charge in [-0.25, -0.2) is 18.1 Å². The van der Waals surface area contributed by atoms with Gasteiger partial charge < -0.3 is 33.7 Å². The van der Waals surface area contributed by atoms with Crippen molar-refractivity contribution in [2.75, 3.05) is 53.4 Å². The summed E-state index contributed by atoms with van der Waals surface area (Å²) in [6, 6.07) is 3.89. The zero-order valence-corrected chi connectivity index (χ0v) is 24.3. The highest BCUT2D eigenvalue weighted by Crippen LogP contribution is 2.39. The molecule has 1 N–H and O–H groups in total. The molecular weight excluding hydrogens is 581 g/mol. The number of carboxylic acid groups (broad SMARTS) is 1. The average molecular weight is 611 g/mol. The highest BCUT2D eigenvalue weighted by Gasteiger charge is 2.37. The summed E-state index contributed by atoms with van der Waals surface area (Å²) in [6.07, 6.45) is -0.349. The Balaban J connectivity index is 0.000000616. The summed E-state index contributed by atoms with van der Waals surface area (Å²) >= 11 is 0.723. The fraction of sp³-hybridized carbons (Fsp3) is 0.321. The number of anilines is 1. The number of hydrogen-bond donors (Lipinski definition) is 1. The highest BCUT2D eigenvalue weighted by molar-refractivity contribution is 7.12. The molecule has 3 aromatic rings. The number of carboxylic acids is 1. The number of aliphatic hydroxyl groups is 1. The summed E-state index contributed by atoms with van der Waals surface area (Å²) in [4.78, 5) is 37.3. The Labute approximate surface area is 243 Å². The Morgan fingerprint density at radius 1 is 1.05 bits per heavy atom. The molecule has 2 heterocycles. The van der Waals surface area contributed by atoms with Crippen LogP contribution in [-0.4, -0.2) is 75.9 Å². The lowest BCUT2D eigenvalue weighted by molar-refractivity contribution is -0.870. The Morgan fingerprint density at radius 2 is 1.71 bits per heavy atom. The molecule has 42 heavy (non-hydrogen) atoms. The summed E-state index contributed by atoms with van der Waals surface area (Å²) in [6.45, 7) is 0.545. The maximum Gasteiger partial charge on any atom is 0.266 e. The minimum absolute atomic E-state index is 0.00798. The molecule has 1 aromatic heterocycles. The summed E-state index contributed by atoms with van der Waals surface area (Å²) in [5.74, 6) is -7.24. The van der Waals surface area contributed by atoms with Crippen molar-refractivity contribution in [3.8, 4) is 17.2 Å². The number of likely N-dealkylation sites (N-methyl/N-ethyl adjacent to an activating group) is 1. The molecule has 0 bridgehead atoms. The molecule has 4 rings (SSSR count). The number of ether oxygens (including phenoxy) is 3. The lowest BCUT2D eigenvalue weighted by atomic mass is 10.0. The lowest BCUT2D eigenvalue weighted by Crippen LogP contribution is -2.43. The molecule has 2 amide bonds. The van der Waals surface area contributed by atoms with Crippen LogP contribution in [0.3, 0.4) is 0 Å². The molecule has 0 aliphatic carbocycles. The Morgan fingerprint density at radius 3 is 2.26 bits per heavy atom. The number of aromatic carboxylic acids is 1. The number of hydrogen-bond acceptors (Lipinski definition) is 9. The third-order valence-electron chi connectivity index (χ3n) is 6.05. The first-order chi connectivity index (χ1) is 19.7. The fourth-order valence-corrected chi connectivity index (χ4v) is 4.83. The van der Waals surface area contributed by atoms with Crippen molar-refractivity contribution in [1.82, 2.24) is 0 Å². The molecule has 2 aromatic carbocycles. The van der Waals surface area contributed by atoms with Crippen LogP contribution >= 0.6 is 11.3 Å². The Hall–Kier alpha value is -4.14. The number of fused-ring (bicyclic) bond motifs is 1. The third kappa shape index (κ3) is 7.01. The normalized spacial score (nSPS) is 12.8. The predicted octanol–water partition coefficient (Wildman–Crippen LogP) is 2.54. The van der Waals surface area contributed by atoms with Crippen LogP contribution in [0.4, 0.5) is 18.9 Å². The molecule has 1 aliphatic rings. The summed E-state index contributed by atoms with van der Waals surface area (Å²) in [7, 11) is 8.61. The monoisotopic (exact) mass is 610 g/mol. The van der Waals surface area contributed by atoms with E-state index in [2.05, 4.69) is 21.1 Å². The number of quaternary nitrogens is 1. The fourth-order valence-electron chi connectivity index (χ4n) is 3.94. The van der Waals surface area contributed by atoms with Crippen LogP contribution in [0, 0.1) is 17.5 Å². The SMILES string of the molecule is COc1cc(F)c(N2C(=O)Cc3csc(C(=O)[O-])c3C2=O)cc1OCc1c(OC)ccc(F)c1F.C[N+](C)(C)CCO. The van der Waals surface area contributed by atoms with Crippen molar-refractivity contribution in [2.24, 2.45) is 0 Å². The minimum atomic E-state index is -1.61. The van der Waals surface area contributed by atoms with Gasteiger partial charge in [0.25, 0.3) is 5.91 Å². The van der Waals surface area contributed by atoms with E-state index in [0.29, 0.717) is 4.90 Å². The molecule has 0 saturated carbocycles. The molecule has 0 fully saturated rings. The molecule has 14 heteroatoms. The van der Waals surface area contributed by atoms with Crippen LogP contribution in [-0.2, 0) is 17.8 Å². The van der Waals surface area contributed by atoms with E-state index >= 15 is 0 Å². The maximum atomic E-state index is 15.0. The van der Waals surface area contributed by atoms with E-state index in [1.165, 1.54) is 25.7 Å². The second-order valence-electron chi connectivity index (χ2n) is 9.99. The van der Waals surface area contributed by atoms with Gasteiger partial charge in [-0.2, -0.15) is 0 Å². The van der Waals surface area contributed by atoms with Gasteiger partial charge in [-0.05, 0) is 23.1 Å². The zero-order chi connectivity index (χ0) is 31.4. The first-order valence-electron chi connectivity index (χ1n) is 12.4. The standard InChI is InChI=1S/C23H16F3NO7S.C5H14NO/c1-32-15-4-3-12(24)20(26)11(15)8-34-17-7-14(13(25)6-16(17)33-2)27-18(28)5-10-9-35-21(23(30)31)19(10)22(27)29;1-6(2,3)4-5-7/h3-4,6-7,9H,5,8H2,1-2H3,(H,30,31);7H,4-5H2,1-3H3/q;+1/p-1. The van der Waals surface area contributed by atoms with Crippen molar-refractivity contribution >= 4 is 34.8 Å². The van der Waals surface area contributed by atoms with Gasteiger partial charge in [0, 0.05) is 12.1 Å². The van der Waals surface area contributed by atoms with Crippen LogP contribution in [0.2, 0.25) is 0 Å². The van der Waals surface area contributed by atoms with Gasteiger partial charge in [-0.1, -0.05) is 0 Å². The first-order valence-corrected chi connectivity index (χ1v) is 13.2. The molecule has 10 nitrogen and oxygen atoms in total. The van der Waals surface area contributed by atoms with Crippen LogP contribution in [0.25, 0.3) is 0 Å². The molecule has 1 aliphatic heterocycles. The van der Waals surface area contributed by atoms with Crippen LogP contribution in [0.5, 0.6) is 17.2 Å². The Kier molecular flexibility index (Phi) is 10.2. The number of carbonyl (C=O) groups is 3. The molecule has 0 radical (unpaired) electrons. The molecule has 0 atom stereocenters. The van der Waals surface area contributed by atoms with E-state index in [-0.39, 0.29) is 51.8 Å². The smallest absolute Gasteiger partial charge is 0.266 e. The summed E-state index contributed by atoms with van der Waals surface area (Å²) in [5, 5.41) is 21.1. The van der Waals surface area contributed by atoms with Crippen molar-refractivity contribution < 1.29 is 56.5 Å². The number of thiophene rings is 1. The summed E-state index contributed by atoms with van der Waals surface area (Å²) in [5.41, 5.74) is -0.880. The van der Waals surface area contributed by atoms with Crippen molar-refractivity contribution in [3.05, 3.63) is 68.7 Å². The number of carbonyl (C=O) groups excluding carboxylic acids is 3. The Bertz CT molecular complexity index is 1500. The van der Waals surface area contributed by atoms with Crippen LogP contribution in [0.15, 0.2) is 29.6 Å². The van der Waals surface area contributed by atoms with E-state index in [0.717, 1.165) is 40.6 Å². The number of nitrogens with zero attached hydrogens (tertiary/aromatic N) is 2. The molecular formula is C28H29F3N2O8S. The largest absolute Gasteiger partial charge is 0.544 e. The molecule has 226 valence electrons. The quantitative estimate of drug-likeness (QED) is 0.290. The average Bonchev–Trinajstić information content (AvgIpc) is 3.34. The predicted molar refractivity (Wildman–Crippen MR) is 144 cm³/mol. The molecule has 0 unspecified atom stereocenters. The number of methoxy groups -OCH3 is 2. The van der Waals surface area contributed by atoms with Gasteiger partial charge in [0.1, 0.15) is 18.9 Å². The van der Waals surface area contributed by atoms with E-state index in [1.807, 2.05) is 0 Å². The second kappa shape index (κ2) is 13.2. The first kappa shape index (κ1) is 32.4. The van der Waals surface area contributed by atoms with Gasteiger partial charge in [0.05, 0.1) is 76.1 Å². The number of benzene rings is 2. The van der Waals surface area contributed by atoms with Gasteiger partial charge in [-0.15, -0.1) is 11.3 Å². The molecule has 0 spiro atoms. The van der Waals surface area contributed by atoms with Crippen molar-refractivity contribution in [3.63, 3.8) is 0 Å². The van der Waals surface area contributed by atoms with Gasteiger partial charge >= 0.3 is 0 Å². The number of rotatable bonds is 9. The van der Waals surface area contributed by atoms with Crippen LogP contribution in [0.1, 0.15) is 31.2 Å². The second-order valence-corrected chi connectivity index (χ2v) is 10.9. The molecule has 0 saturated heterocycles. The van der Waals surface area contributed by atoms with E-state index in [9.17, 15) is 32.7 Å². The van der Waals surface area contributed by atoms with E-state index < -0.39 is 47.5 Å². The van der Waals surface area contributed by atoms with E-state index in [4.69, 9.17) is 19.3 Å². The number of aliphatic hydroxyl groups excluding tert-OH is 1. The summed E-state index contributed by atoms with van der Waals surface area (Å²) < 4.78 is 59.5. The lowest BCUT2D eigenvalue weighted by Gasteiger charge is -2.27. The van der Waals surface area contributed by atoms with Crippen LogP contribution < -0.4 is 24.2 Å². The van der Waals surface area contributed by atoms with Gasteiger partial charge in [0.2, 0.25) is 5.91 Å². The van der Waals surface area contributed by atoms with Crippen molar-refractivity contribution in [2.45, 2.75) is 13.0 Å². The maximum absolute atomic E-state index is 15.0. The number of amides is 2.